The topological polar surface area (TPSA) is 141 Å². The third-order valence-electron chi connectivity index (χ3n) is 4.35. The third-order valence-corrected chi connectivity index (χ3v) is 4.35. The van der Waals surface area contributed by atoms with E-state index in [9.17, 15) is 24.5 Å². The Morgan fingerprint density at radius 2 is 1.82 bits per heavy atom. The monoisotopic (exact) mass is 383 g/mol. The van der Waals surface area contributed by atoms with Gasteiger partial charge in [0.1, 0.15) is 0 Å². The van der Waals surface area contributed by atoms with Gasteiger partial charge >= 0.3 is 17.1 Å². The van der Waals surface area contributed by atoms with Gasteiger partial charge in [-0.15, -0.1) is 0 Å². The highest BCUT2D eigenvalue weighted by atomic mass is 16.6. The zero-order valence-electron chi connectivity index (χ0n) is 15.1. The van der Waals surface area contributed by atoms with E-state index >= 15 is 0 Å². The number of carbonyl (C=O) groups excluding carboxylic acids is 1. The van der Waals surface area contributed by atoms with Gasteiger partial charge in [0.25, 0.3) is 5.69 Å². The Kier molecular flexibility index (Phi) is 4.94. The number of rotatable bonds is 4. The lowest BCUT2D eigenvalue weighted by molar-refractivity contribution is -0.385. The van der Waals surface area contributed by atoms with Crippen LogP contribution in [0.3, 0.4) is 0 Å². The molecular weight excluding hydrogens is 366 g/mol. The van der Waals surface area contributed by atoms with Crippen LogP contribution in [-0.2, 0) is 6.54 Å². The summed E-state index contributed by atoms with van der Waals surface area (Å²) in [6.07, 6.45) is 0. The van der Waals surface area contributed by atoms with Gasteiger partial charge in [0.05, 0.1) is 16.0 Å². The average molecular weight is 383 g/mol. The van der Waals surface area contributed by atoms with E-state index in [1.807, 2.05) is 6.07 Å². The van der Waals surface area contributed by atoms with Crippen molar-refractivity contribution in [3.05, 3.63) is 78.3 Å². The fourth-order valence-electron chi connectivity index (χ4n) is 2.85. The normalized spacial score (nSPS) is 10.6. The summed E-state index contributed by atoms with van der Waals surface area (Å²) >= 11 is 0. The van der Waals surface area contributed by atoms with Crippen LogP contribution in [0.5, 0.6) is 0 Å². The second-order valence-electron chi connectivity index (χ2n) is 6.24. The van der Waals surface area contributed by atoms with Gasteiger partial charge in [-0.1, -0.05) is 18.2 Å². The van der Waals surface area contributed by atoms with Crippen molar-refractivity contribution in [3.63, 3.8) is 0 Å². The van der Waals surface area contributed by atoms with Crippen molar-refractivity contribution >= 4 is 28.4 Å². The number of benzene rings is 2. The Bertz CT molecular complexity index is 1180. The van der Waals surface area contributed by atoms with Crippen LogP contribution in [0.25, 0.3) is 11.0 Å². The van der Waals surface area contributed by atoms with Crippen molar-refractivity contribution in [1.82, 2.24) is 14.9 Å². The lowest BCUT2D eigenvalue weighted by atomic mass is 10.0. The SMILES string of the molecule is Cc1c([N+](=O)[O-])cc2[nH]c(=O)c(=O)[nH]c2c1CN(C)C(=O)Nc1ccccc1. The van der Waals surface area contributed by atoms with Gasteiger partial charge in [0.15, 0.2) is 0 Å². The summed E-state index contributed by atoms with van der Waals surface area (Å²) in [7, 11) is 1.52. The van der Waals surface area contributed by atoms with Gasteiger partial charge in [-0.3, -0.25) is 19.7 Å². The highest BCUT2D eigenvalue weighted by molar-refractivity contribution is 5.90. The molecule has 1 aromatic heterocycles. The summed E-state index contributed by atoms with van der Waals surface area (Å²) in [5.74, 6) is 0. The van der Waals surface area contributed by atoms with Crippen LogP contribution >= 0.6 is 0 Å². The number of fused-ring (bicyclic) bond motifs is 1. The molecule has 0 spiro atoms. The molecule has 10 nitrogen and oxygen atoms in total. The molecular formula is C18H17N5O5. The third kappa shape index (κ3) is 3.61. The fourth-order valence-corrected chi connectivity index (χ4v) is 2.85. The van der Waals surface area contributed by atoms with Crippen LogP contribution in [-0.4, -0.2) is 32.9 Å². The number of H-pyrrole nitrogens is 2. The second-order valence-corrected chi connectivity index (χ2v) is 6.24. The first-order chi connectivity index (χ1) is 13.3. The second kappa shape index (κ2) is 7.35. The number of hydrogen-bond donors (Lipinski definition) is 3. The highest BCUT2D eigenvalue weighted by Crippen LogP contribution is 2.28. The maximum Gasteiger partial charge on any atom is 0.321 e. The average Bonchev–Trinajstić information content (AvgIpc) is 2.65. The van der Waals surface area contributed by atoms with Crippen molar-refractivity contribution in [2.45, 2.75) is 13.5 Å². The number of carbonyl (C=O) groups is 1. The maximum absolute atomic E-state index is 12.5. The van der Waals surface area contributed by atoms with Crippen LogP contribution in [0.15, 0.2) is 46.0 Å². The molecule has 3 N–H and O–H groups in total. The van der Waals surface area contributed by atoms with Crippen LogP contribution in [0.2, 0.25) is 0 Å². The summed E-state index contributed by atoms with van der Waals surface area (Å²) in [4.78, 5) is 52.7. The number of para-hydroxylation sites is 1. The van der Waals surface area contributed by atoms with E-state index in [4.69, 9.17) is 0 Å². The van der Waals surface area contributed by atoms with Gasteiger partial charge < -0.3 is 20.2 Å². The number of nitrogens with zero attached hydrogens (tertiary/aromatic N) is 2. The smallest absolute Gasteiger partial charge is 0.321 e. The molecule has 0 saturated heterocycles. The number of nitrogens with one attached hydrogen (secondary N) is 3. The zero-order valence-corrected chi connectivity index (χ0v) is 15.1. The van der Waals surface area contributed by atoms with E-state index in [0.717, 1.165) is 0 Å². The van der Waals surface area contributed by atoms with E-state index < -0.39 is 22.1 Å². The van der Waals surface area contributed by atoms with Crippen molar-refractivity contribution in [3.8, 4) is 0 Å². The number of urea groups is 1. The van der Waals surface area contributed by atoms with E-state index in [1.54, 1.807) is 24.3 Å². The van der Waals surface area contributed by atoms with Gasteiger partial charge in [0.2, 0.25) is 0 Å². The number of aromatic amines is 2. The number of nitro benzene ring substituents is 1. The Balaban J connectivity index is 2.03. The number of amides is 2. The molecule has 3 rings (SSSR count). The molecule has 144 valence electrons. The van der Waals surface area contributed by atoms with Crippen molar-refractivity contribution in [2.24, 2.45) is 0 Å². The van der Waals surface area contributed by atoms with Crippen LogP contribution in [0.1, 0.15) is 11.1 Å². The predicted octanol–water partition coefficient (Wildman–Crippen LogP) is 2.10. The van der Waals surface area contributed by atoms with E-state index in [-0.39, 0.29) is 23.3 Å². The molecule has 3 aromatic rings. The number of anilines is 1. The first-order valence-electron chi connectivity index (χ1n) is 8.28. The minimum atomic E-state index is -0.910. The fraction of sp³-hybridized carbons (Fsp3) is 0.167. The molecule has 0 unspecified atom stereocenters. The molecule has 0 atom stereocenters. The van der Waals surface area contributed by atoms with E-state index in [1.165, 1.54) is 24.9 Å². The quantitative estimate of drug-likeness (QED) is 0.359. The Labute approximate surface area is 158 Å². The molecule has 10 heteroatoms. The molecule has 0 aliphatic rings. The van der Waals surface area contributed by atoms with Gasteiger partial charge in [-0.25, -0.2) is 4.79 Å². The Morgan fingerprint density at radius 3 is 2.46 bits per heavy atom. The molecule has 0 radical (unpaired) electrons. The van der Waals surface area contributed by atoms with E-state index in [0.29, 0.717) is 16.8 Å². The summed E-state index contributed by atoms with van der Waals surface area (Å²) < 4.78 is 0. The summed E-state index contributed by atoms with van der Waals surface area (Å²) in [5, 5.41) is 14.1. The summed E-state index contributed by atoms with van der Waals surface area (Å²) in [6.45, 7) is 1.50. The maximum atomic E-state index is 12.5. The van der Waals surface area contributed by atoms with E-state index in [2.05, 4.69) is 15.3 Å². The lowest BCUT2D eigenvalue weighted by Gasteiger charge is -2.20. The van der Waals surface area contributed by atoms with Crippen LogP contribution in [0, 0.1) is 17.0 Å². The number of hydrogen-bond acceptors (Lipinski definition) is 5. The molecule has 0 fully saturated rings. The van der Waals surface area contributed by atoms with Gasteiger partial charge in [0, 0.05) is 36.5 Å². The standard InChI is InChI=1S/C18H17N5O5/c1-10-12(9-22(2)18(26)19-11-6-4-3-5-7-11)15-13(8-14(10)23(27)28)20-16(24)17(25)21-15/h3-8H,9H2,1-2H3,(H,19,26)(H,20,24)(H,21,25). The zero-order chi connectivity index (χ0) is 20.4. The van der Waals surface area contributed by atoms with Gasteiger partial charge in [-0.05, 0) is 19.1 Å². The molecule has 28 heavy (non-hydrogen) atoms. The first-order valence-corrected chi connectivity index (χ1v) is 8.28. The first kappa shape index (κ1) is 18.8. The Hall–Kier alpha value is -3.95. The largest absolute Gasteiger partial charge is 0.323 e. The van der Waals surface area contributed by atoms with Crippen molar-refractivity contribution in [2.75, 3.05) is 12.4 Å². The molecule has 0 aliphatic carbocycles. The molecule has 0 aliphatic heterocycles. The summed E-state index contributed by atoms with van der Waals surface area (Å²) in [5.41, 5.74) is -0.395. The van der Waals surface area contributed by atoms with Crippen LogP contribution in [0.4, 0.5) is 16.2 Å². The molecule has 2 amide bonds. The minimum Gasteiger partial charge on any atom is -0.323 e. The number of nitro groups is 1. The van der Waals surface area contributed by atoms with Gasteiger partial charge in [-0.2, -0.15) is 0 Å². The van der Waals surface area contributed by atoms with Crippen molar-refractivity contribution in [1.29, 1.82) is 0 Å². The highest BCUT2D eigenvalue weighted by Gasteiger charge is 2.21. The lowest BCUT2D eigenvalue weighted by Crippen LogP contribution is -2.32. The molecule has 0 bridgehead atoms. The number of aromatic nitrogens is 2. The summed E-state index contributed by atoms with van der Waals surface area (Å²) in [6, 6.07) is 9.57. The molecule has 2 aromatic carbocycles. The molecule has 1 heterocycles. The Morgan fingerprint density at radius 1 is 1.18 bits per heavy atom. The predicted molar refractivity (Wildman–Crippen MR) is 104 cm³/mol. The van der Waals surface area contributed by atoms with Crippen molar-refractivity contribution < 1.29 is 9.72 Å². The van der Waals surface area contributed by atoms with Crippen LogP contribution < -0.4 is 16.4 Å². The molecule has 0 saturated carbocycles. The minimum absolute atomic E-state index is 0.0232.